The molecule has 0 radical (unpaired) electrons. The van der Waals surface area contributed by atoms with Gasteiger partial charge in [-0.3, -0.25) is 0 Å². The largest absolute Gasteiger partial charge is 1.00 e. The van der Waals surface area contributed by atoms with Gasteiger partial charge < -0.3 is 37.2 Å². The molecule has 0 amide bonds. The third-order valence-electron chi connectivity index (χ3n) is 1.74. The van der Waals surface area contributed by atoms with E-state index in [1.807, 2.05) is 0 Å². The fourth-order valence-electron chi connectivity index (χ4n) is 1.30. The second kappa shape index (κ2) is 11.7. The fraction of sp³-hybridized carbons (Fsp3) is 0.400. The van der Waals surface area contributed by atoms with Crippen LogP contribution in [-0.2, 0) is 23.2 Å². The minimum atomic E-state index is -0.271. The van der Waals surface area contributed by atoms with E-state index in [1.54, 1.807) is 3.28 Å². The van der Waals surface area contributed by atoms with Crippen LogP contribution in [0.5, 0.6) is 0 Å². The molecule has 0 spiro atoms. The smallest absolute Gasteiger partial charge is 1.00 e. The fourth-order valence-corrected chi connectivity index (χ4v) is 7.36. The summed E-state index contributed by atoms with van der Waals surface area (Å²) in [4.78, 5) is 0. The summed E-state index contributed by atoms with van der Waals surface area (Å²) in [5, 5.41) is 0. The molecular formula is C10H15Cl3PZr. The van der Waals surface area contributed by atoms with Crippen LogP contribution in [0.15, 0.2) is 21.5 Å². The molecule has 5 heteroatoms. The molecule has 1 atom stereocenters. The Kier molecular flexibility index (Phi) is 16.9. The first kappa shape index (κ1) is 21.5. The van der Waals surface area contributed by atoms with E-state index in [0.717, 1.165) is 3.63 Å². The van der Waals surface area contributed by atoms with Crippen molar-refractivity contribution in [2.24, 2.45) is 0 Å². The second-order valence-electron chi connectivity index (χ2n) is 3.22. The first-order chi connectivity index (χ1) is 5.68. The first-order valence-electron chi connectivity index (χ1n) is 4.19. The minimum absolute atomic E-state index is 0. The molecule has 0 N–H and O–H groups in total. The monoisotopic (exact) mass is 361 g/mol. The second-order valence-corrected chi connectivity index (χ2v) is 9.64. The Balaban J connectivity index is -0.000000480. The molecule has 1 unspecified atom stereocenters. The minimum Gasteiger partial charge on any atom is -1.00 e. The average Bonchev–Trinajstić information content (AvgIpc) is 2.37. The molecule has 0 aromatic rings. The van der Waals surface area contributed by atoms with Gasteiger partial charge in [-0.2, -0.15) is 0 Å². The first-order valence-corrected chi connectivity index (χ1v) is 8.74. The molecular weight excluding hydrogens is 349 g/mol. The van der Waals surface area contributed by atoms with Gasteiger partial charge in [0.25, 0.3) is 0 Å². The quantitative estimate of drug-likeness (QED) is 0.437. The summed E-state index contributed by atoms with van der Waals surface area (Å²) in [6.45, 7) is 2.37. The molecule has 85 valence electrons. The van der Waals surface area contributed by atoms with Crippen molar-refractivity contribution in [1.29, 1.82) is 0 Å². The number of hydrogen-bond acceptors (Lipinski definition) is 0. The van der Waals surface area contributed by atoms with Crippen LogP contribution in [-0.4, -0.2) is 18.8 Å². The van der Waals surface area contributed by atoms with Crippen LogP contribution in [0.2, 0.25) is 3.63 Å². The zero-order valence-electron chi connectivity index (χ0n) is 8.72. The molecule has 0 aliphatic heterocycles. The predicted molar refractivity (Wildman–Crippen MR) is 57.3 cm³/mol. The molecule has 1 aliphatic rings. The van der Waals surface area contributed by atoms with Crippen LogP contribution in [0.3, 0.4) is 0 Å². The zero-order valence-corrected chi connectivity index (χ0v) is 14.3. The molecule has 1 aliphatic carbocycles. The topological polar surface area (TPSA) is 0 Å². The van der Waals surface area contributed by atoms with Crippen molar-refractivity contribution in [1.82, 2.24) is 0 Å². The van der Waals surface area contributed by atoms with Crippen molar-refractivity contribution in [2.75, 3.05) is 6.16 Å². The summed E-state index contributed by atoms with van der Waals surface area (Å²) in [5.74, 6) is 0. The van der Waals surface area contributed by atoms with Gasteiger partial charge in [-0.15, -0.1) is 0 Å². The molecule has 0 heterocycles. The van der Waals surface area contributed by atoms with Gasteiger partial charge in [-0.25, -0.2) is 0 Å². The van der Waals surface area contributed by atoms with Crippen molar-refractivity contribution in [3.63, 3.8) is 0 Å². The Morgan fingerprint density at radius 2 is 2.00 bits per heavy atom. The Morgan fingerprint density at radius 1 is 1.40 bits per heavy atom. The van der Waals surface area contributed by atoms with Gasteiger partial charge in [0.15, 0.2) is 0 Å². The van der Waals surface area contributed by atoms with Crippen LogP contribution in [0, 0.1) is 0 Å². The van der Waals surface area contributed by atoms with Crippen LogP contribution in [0.1, 0.15) is 13.3 Å². The van der Waals surface area contributed by atoms with Crippen molar-refractivity contribution in [2.45, 2.75) is 17.0 Å². The van der Waals surface area contributed by atoms with Crippen molar-refractivity contribution in [3.8, 4) is 0 Å². The third kappa shape index (κ3) is 10.2. The summed E-state index contributed by atoms with van der Waals surface area (Å²) < 4.78 is 2.67. The number of allylic oxidation sites excluding steroid dienone is 4. The average molecular weight is 364 g/mol. The van der Waals surface area contributed by atoms with Crippen LogP contribution in [0.25, 0.3) is 0 Å². The molecule has 0 fully saturated rings. The maximum atomic E-state index is 4.00. The van der Waals surface area contributed by atoms with E-state index in [-0.39, 0.29) is 67.6 Å². The third-order valence-corrected chi connectivity index (χ3v) is 7.18. The van der Waals surface area contributed by atoms with Gasteiger partial charge in [0.1, 0.15) is 0 Å². The molecule has 1 rings (SSSR count). The van der Waals surface area contributed by atoms with Crippen molar-refractivity contribution >= 4 is 19.8 Å². The van der Waals surface area contributed by atoms with Crippen LogP contribution in [0.4, 0.5) is 0 Å². The van der Waals surface area contributed by atoms with Gasteiger partial charge in [0.2, 0.25) is 0 Å². The molecule has 0 bridgehead atoms. The Hall–Kier alpha value is 1.27. The molecule has 15 heavy (non-hydrogen) atoms. The molecule has 0 aromatic carbocycles. The number of rotatable bonds is 4. The van der Waals surface area contributed by atoms with E-state index in [4.69, 9.17) is 0 Å². The van der Waals surface area contributed by atoms with E-state index < -0.39 is 0 Å². The zero-order chi connectivity index (χ0) is 8.97. The Bertz CT molecular complexity index is 274. The molecule has 0 saturated heterocycles. The number of halogens is 3. The standard InChI is InChI=1S/C5H10P.C5H5.3ClH.Zr/c1-4-5-6(2)3;1-2-4-5-3-1;;;;/h4H,2-3,5H2,1H3;1-3H,4H2;3*1H;/q;;;;;+3/p-3. The van der Waals surface area contributed by atoms with Crippen molar-refractivity contribution in [3.05, 3.63) is 21.5 Å². The molecule has 0 nitrogen and oxygen atoms in total. The summed E-state index contributed by atoms with van der Waals surface area (Å²) in [6.07, 6.45) is 17.3. The molecule has 0 aromatic heterocycles. The SMILES string of the molecule is C=P(=C)C[CH](C)[Zr+3][C]1=CC=CC1.[Cl-].[Cl-].[Cl-]. The summed E-state index contributed by atoms with van der Waals surface area (Å²) in [5.41, 5.74) is 0. The van der Waals surface area contributed by atoms with Gasteiger partial charge in [-0.1, -0.05) is 0 Å². The Labute approximate surface area is 124 Å². The number of hydrogen-bond donors (Lipinski definition) is 0. The van der Waals surface area contributed by atoms with E-state index >= 15 is 0 Å². The van der Waals surface area contributed by atoms with E-state index in [9.17, 15) is 0 Å². The summed E-state index contributed by atoms with van der Waals surface area (Å²) in [6, 6.07) is 0. The normalized spacial score (nSPS) is 13.5. The Morgan fingerprint density at radius 3 is 2.40 bits per heavy atom. The maximum absolute atomic E-state index is 4.00. The van der Waals surface area contributed by atoms with Crippen LogP contribution < -0.4 is 37.2 Å². The van der Waals surface area contributed by atoms with Gasteiger partial charge in [-0.05, 0) is 0 Å². The molecule has 0 saturated carbocycles. The van der Waals surface area contributed by atoms with Gasteiger partial charge in [0, 0.05) is 0 Å². The summed E-state index contributed by atoms with van der Waals surface area (Å²) >= 11 is -0.271. The predicted octanol–water partition coefficient (Wildman–Crippen LogP) is -5.92. The maximum Gasteiger partial charge on any atom is -1.00 e. The van der Waals surface area contributed by atoms with Crippen LogP contribution >= 0.6 is 7.17 Å². The van der Waals surface area contributed by atoms with E-state index in [1.165, 1.54) is 12.6 Å². The van der Waals surface area contributed by atoms with Crippen molar-refractivity contribution < 1.29 is 60.5 Å². The summed E-state index contributed by atoms with van der Waals surface area (Å²) in [7, 11) is -0.165. The van der Waals surface area contributed by atoms with Gasteiger partial charge in [0.05, 0.1) is 0 Å². The van der Waals surface area contributed by atoms with E-state index in [2.05, 4.69) is 37.8 Å². The van der Waals surface area contributed by atoms with E-state index in [0.29, 0.717) is 0 Å². The van der Waals surface area contributed by atoms with Gasteiger partial charge >= 0.3 is 87.6 Å².